The molecule has 0 radical (unpaired) electrons. The normalized spacial score (nSPS) is 24.6. The lowest BCUT2D eigenvalue weighted by molar-refractivity contribution is -0.970. The number of quaternary nitrogens is 1. The first kappa shape index (κ1) is 25.8. The predicted octanol–water partition coefficient (Wildman–Crippen LogP) is 3.72. The zero-order chi connectivity index (χ0) is 26.7. The van der Waals surface area contributed by atoms with E-state index in [2.05, 4.69) is 17.6 Å². The van der Waals surface area contributed by atoms with E-state index in [1.54, 1.807) is 0 Å². The number of nitrogens with zero attached hydrogens (tertiary/aromatic N) is 3. The van der Waals surface area contributed by atoms with E-state index in [1.165, 1.54) is 0 Å². The molecule has 2 heterocycles. The average Bonchev–Trinajstić information content (AvgIpc) is 3.36. The summed E-state index contributed by atoms with van der Waals surface area (Å²) in [5.74, 6) is -0.307. The van der Waals surface area contributed by atoms with Crippen LogP contribution in [0.4, 0.5) is 5.69 Å². The summed E-state index contributed by atoms with van der Waals surface area (Å²) in [6.07, 6.45) is 1.42. The Morgan fingerprint density at radius 1 is 0.974 bits per heavy atom. The molecule has 3 aromatic carbocycles. The lowest BCUT2D eigenvalue weighted by Crippen LogP contribution is -2.65. The first-order chi connectivity index (χ1) is 18.4. The second-order valence-electron chi connectivity index (χ2n) is 10.4. The van der Waals surface area contributed by atoms with Gasteiger partial charge in [0, 0.05) is 37.9 Å². The van der Waals surface area contributed by atoms with Gasteiger partial charge in [0.05, 0.1) is 17.8 Å². The van der Waals surface area contributed by atoms with Crippen molar-refractivity contribution >= 4 is 23.3 Å². The maximum Gasteiger partial charge on any atom is 0.390 e. The molecule has 1 fully saturated rings. The fraction of sp³-hybridized carbons (Fsp3) is 0.323. The highest BCUT2D eigenvalue weighted by atomic mass is 16.7. The van der Waals surface area contributed by atoms with Crippen molar-refractivity contribution in [1.29, 1.82) is 0 Å². The highest BCUT2D eigenvalue weighted by molar-refractivity contribution is 6.15. The summed E-state index contributed by atoms with van der Waals surface area (Å²) in [7, 11) is 3.76. The number of anilines is 1. The van der Waals surface area contributed by atoms with E-state index in [1.807, 2.05) is 103 Å². The zero-order valence-electron chi connectivity index (χ0n) is 22.3. The van der Waals surface area contributed by atoms with Crippen LogP contribution in [0.3, 0.4) is 0 Å². The van der Waals surface area contributed by atoms with Crippen molar-refractivity contribution in [1.82, 2.24) is 5.48 Å². The summed E-state index contributed by atoms with van der Waals surface area (Å²) >= 11 is 0. The van der Waals surface area contributed by atoms with Gasteiger partial charge in [0.2, 0.25) is 12.3 Å². The van der Waals surface area contributed by atoms with E-state index in [0.29, 0.717) is 11.0 Å². The molecule has 1 saturated heterocycles. The van der Waals surface area contributed by atoms with Gasteiger partial charge in [-0.3, -0.25) is 9.28 Å². The number of amides is 1. The number of fused-ring (bicyclic) bond motifs is 2. The maximum absolute atomic E-state index is 14.4. The largest absolute Gasteiger partial charge is 0.390 e. The highest BCUT2D eigenvalue weighted by Crippen LogP contribution is 2.35. The standard InChI is InChI=1S/C31H36N4O3/c1-23-32-38-29(36)21-33(2)30(25-15-8-5-9-16-25)26-17-10-11-18-27(26)34(3)31(37)28-19-12-20-35(23,28)22-24-13-6-4-7-14-24/h4-11,13-18,23,28,32H,12,19-22H2,1-3H3/q+2/t23?,28-,35?/m0/s1. The van der Waals surface area contributed by atoms with Crippen molar-refractivity contribution in [2.45, 2.75) is 38.5 Å². The molecule has 0 spiro atoms. The van der Waals surface area contributed by atoms with Crippen LogP contribution in [0.1, 0.15) is 36.5 Å². The SMILES string of the molecule is CC1NOC(=O)C[N+](C)=C(c2ccccc2)c2ccccc2N(C)C(=O)[C@@H]2CCC[N+]12Cc1ccccc1. The van der Waals surface area contributed by atoms with Gasteiger partial charge in [0.25, 0.3) is 5.91 Å². The lowest BCUT2D eigenvalue weighted by atomic mass is 9.98. The van der Waals surface area contributed by atoms with E-state index in [4.69, 9.17) is 4.84 Å². The molecule has 0 aromatic heterocycles. The van der Waals surface area contributed by atoms with Gasteiger partial charge in [-0.2, -0.15) is 0 Å². The Bertz CT molecular complexity index is 1340. The van der Waals surface area contributed by atoms with Crippen molar-refractivity contribution in [3.63, 3.8) is 0 Å². The van der Waals surface area contributed by atoms with Crippen molar-refractivity contribution in [2.24, 2.45) is 0 Å². The van der Waals surface area contributed by atoms with Crippen molar-refractivity contribution in [3.8, 4) is 0 Å². The molecule has 196 valence electrons. The second-order valence-corrected chi connectivity index (χ2v) is 10.4. The average molecular weight is 513 g/mol. The number of para-hydroxylation sites is 1. The summed E-state index contributed by atoms with van der Waals surface area (Å²) in [4.78, 5) is 34.9. The number of likely N-dealkylation sites (N-methyl/N-ethyl adjacent to an activating group) is 2. The molecule has 7 heteroatoms. The summed E-state index contributed by atoms with van der Waals surface area (Å²) < 4.78 is 2.38. The molecule has 5 rings (SSSR count). The van der Waals surface area contributed by atoms with Gasteiger partial charge in [-0.05, 0) is 24.3 Å². The molecule has 0 aliphatic carbocycles. The first-order valence-electron chi connectivity index (χ1n) is 13.3. The van der Waals surface area contributed by atoms with Crippen LogP contribution in [0.15, 0.2) is 84.9 Å². The molecule has 2 aliphatic rings. The molecular formula is C31H36N4O3+2. The fourth-order valence-electron chi connectivity index (χ4n) is 6.10. The Morgan fingerprint density at radius 3 is 2.37 bits per heavy atom. The van der Waals surface area contributed by atoms with Crippen LogP contribution in [-0.4, -0.2) is 66.0 Å². The van der Waals surface area contributed by atoms with Gasteiger partial charge in [0.15, 0.2) is 12.2 Å². The molecular weight excluding hydrogens is 476 g/mol. The van der Waals surface area contributed by atoms with Gasteiger partial charge in [-0.1, -0.05) is 66.1 Å². The van der Waals surface area contributed by atoms with Crippen LogP contribution in [0.25, 0.3) is 0 Å². The fourth-order valence-corrected chi connectivity index (χ4v) is 6.10. The Morgan fingerprint density at radius 2 is 1.63 bits per heavy atom. The number of benzene rings is 3. The van der Waals surface area contributed by atoms with E-state index in [0.717, 1.165) is 47.5 Å². The smallest absolute Gasteiger partial charge is 0.360 e. The summed E-state index contributed by atoms with van der Waals surface area (Å²) in [6.45, 7) is 3.55. The lowest BCUT2D eigenvalue weighted by Gasteiger charge is -2.44. The molecule has 0 saturated carbocycles. The summed E-state index contributed by atoms with van der Waals surface area (Å²) in [5, 5.41) is 0. The molecule has 2 unspecified atom stereocenters. The van der Waals surface area contributed by atoms with Crippen molar-refractivity contribution in [3.05, 3.63) is 102 Å². The Hall–Kier alpha value is -3.81. The van der Waals surface area contributed by atoms with Crippen LogP contribution in [0.2, 0.25) is 0 Å². The Balaban J connectivity index is 1.65. The van der Waals surface area contributed by atoms with Crippen LogP contribution < -0.4 is 10.4 Å². The molecule has 1 amide bonds. The van der Waals surface area contributed by atoms with Crippen LogP contribution in [-0.2, 0) is 21.0 Å². The van der Waals surface area contributed by atoms with Gasteiger partial charge in [0.1, 0.15) is 13.6 Å². The third kappa shape index (κ3) is 4.87. The molecule has 3 aromatic rings. The number of carbonyl (C=O) groups excluding carboxylic acids is 2. The highest BCUT2D eigenvalue weighted by Gasteiger charge is 2.51. The molecule has 1 N–H and O–H groups in total. The Kier molecular flexibility index (Phi) is 7.40. The van der Waals surface area contributed by atoms with E-state index in [-0.39, 0.29) is 30.6 Å². The van der Waals surface area contributed by atoms with Gasteiger partial charge in [-0.25, -0.2) is 9.37 Å². The maximum atomic E-state index is 14.4. The number of hydroxylamine groups is 1. The molecule has 7 nitrogen and oxygen atoms in total. The second kappa shape index (κ2) is 10.9. The number of hydrogen-bond donors (Lipinski definition) is 1. The van der Waals surface area contributed by atoms with E-state index >= 15 is 0 Å². The monoisotopic (exact) mass is 512 g/mol. The predicted molar refractivity (Wildman–Crippen MR) is 148 cm³/mol. The van der Waals surface area contributed by atoms with E-state index in [9.17, 15) is 9.59 Å². The van der Waals surface area contributed by atoms with Gasteiger partial charge < -0.3 is 9.74 Å². The number of rotatable bonds is 3. The number of hydrogen-bond acceptors (Lipinski definition) is 4. The van der Waals surface area contributed by atoms with Crippen molar-refractivity contribution < 1.29 is 23.5 Å². The van der Waals surface area contributed by atoms with Gasteiger partial charge >= 0.3 is 5.97 Å². The summed E-state index contributed by atoms with van der Waals surface area (Å²) in [6, 6.07) is 27.9. The quantitative estimate of drug-likeness (QED) is 0.429. The van der Waals surface area contributed by atoms with Crippen LogP contribution in [0.5, 0.6) is 0 Å². The molecule has 38 heavy (non-hydrogen) atoms. The first-order valence-corrected chi connectivity index (χ1v) is 13.3. The summed E-state index contributed by atoms with van der Waals surface area (Å²) in [5.41, 5.74) is 7.74. The number of carbonyl (C=O) groups is 2. The minimum Gasteiger partial charge on any atom is -0.360 e. The zero-order valence-corrected chi connectivity index (χ0v) is 22.3. The topological polar surface area (TPSA) is 61.6 Å². The Labute approximate surface area is 224 Å². The molecule has 0 bridgehead atoms. The van der Waals surface area contributed by atoms with E-state index < -0.39 is 0 Å². The molecule has 2 aliphatic heterocycles. The van der Waals surface area contributed by atoms with Crippen LogP contribution in [0, 0.1) is 0 Å². The van der Waals surface area contributed by atoms with Crippen molar-refractivity contribution in [2.75, 3.05) is 32.1 Å². The van der Waals surface area contributed by atoms with Gasteiger partial charge in [-0.15, -0.1) is 0 Å². The third-order valence-corrected chi connectivity index (χ3v) is 8.04. The molecule has 3 atom stereocenters. The third-order valence-electron chi connectivity index (χ3n) is 8.04. The number of nitrogens with one attached hydrogen (secondary N) is 1. The minimum atomic E-state index is -0.377. The van der Waals surface area contributed by atoms with Crippen LogP contribution >= 0.6 is 0 Å². The minimum absolute atomic E-state index is 0.0536.